The van der Waals surface area contributed by atoms with Crippen LogP contribution >= 0.6 is 0 Å². The number of hydrogen-bond acceptors (Lipinski definition) is 4. The van der Waals surface area contributed by atoms with Crippen molar-refractivity contribution in [2.45, 2.75) is 12.5 Å². The zero-order chi connectivity index (χ0) is 20.2. The summed E-state index contributed by atoms with van der Waals surface area (Å²) in [5.41, 5.74) is 10.5. The Balaban J connectivity index is 1.55. The Morgan fingerprint density at radius 1 is 1.14 bits per heavy atom. The number of pyridine rings is 1. The molecule has 2 aromatic heterocycles. The van der Waals surface area contributed by atoms with E-state index in [0.717, 1.165) is 27.7 Å². The molecule has 4 N–H and O–H groups in total. The number of carbonyl (C=O) groups excluding carboxylic acids is 1. The molecule has 146 valence electrons. The highest BCUT2D eigenvalue weighted by atomic mass is 16.5. The Labute approximate surface area is 168 Å². The van der Waals surface area contributed by atoms with E-state index in [1.54, 1.807) is 19.4 Å². The van der Waals surface area contributed by atoms with Crippen molar-refractivity contribution in [1.82, 2.24) is 9.97 Å². The summed E-state index contributed by atoms with van der Waals surface area (Å²) in [6.07, 6.45) is 4.09. The number of amides is 1. The first-order valence-corrected chi connectivity index (χ1v) is 9.36. The summed E-state index contributed by atoms with van der Waals surface area (Å²) in [7, 11) is 1.61. The van der Waals surface area contributed by atoms with Crippen LogP contribution in [0.5, 0.6) is 5.75 Å². The number of hydrogen-bond donors (Lipinski definition) is 3. The lowest BCUT2D eigenvalue weighted by Crippen LogP contribution is -2.37. The summed E-state index contributed by atoms with van der Waals surface area (Å²) < 4.78 is 5.59. The summed E-state index contributed by atoms with van der Waals surface area (Å²) in [5, 5.41) is 3.89. The number of anilines is 1. The van der Waals surface area contributed by atoms with Crippen LogP contribution in [0.25, 0.3) is 22.2 Å². The number of rotatable bonds is 6. The molecule has 0 aliphatic heterocycles. The highest BCUT2D eigenvalue weighted by Gasteiger charge is 2.16. The Morgan fingerprint density at radius 3 is 2.76 bits per heavy atom. The molecule has 0 fully saturated rings. The predicted octanol–water partition coefficient (Wildman–Crippen LogP) is 3.75. The molecule has 0 bridgehead atoms. The molecule has 1 atom stereocenters. The molecule has 0 aliphatic rings. The lowest BCUT2D eigenvalue weighted by Gasteiger charge is -2.15. The molecule has 0 aliphatic carbocycles. The summed E-state index contributed by atoms with van der Waals surface area (Å²) >= 11 is 0. The van der Waals surface area contributed by atoms with Crippen LogP contribution in [-0.2, 0) is 11.2 Å². The maximum atomic E-state index is 12.5. The Morgan fingerprint density at radius 2 is 1.97 bits per heavy atom. The summed E-state index contributed by atoms with van der Waals surface area (Å²) in [5.74, 6) is 0.425. The normalized spacial score (nSPS) is 11.9. The number of H-pyrrole nitrogens is 1. The zero-order valence-corrected chi connectivity index (χ0v) is 16.1. The van der Waals surface area contributed by atoms with Crippen LogP contribution in [0.15, 0.2) is 73.1 Å². The largest absolute Gasteiger partial charge is 0.496 e. The van der Waals surface area contributed by atoms with Gasteiger partial charge in [0.1, 0.15) is 11.4 Å². The van der Waals surface area contributed by atoms with E-state index in [9.17, 15) is 4.79 Å². The van der Waals surface area contributed by atoms with Gasteiger partial charge in [-0.3, -0.25) is 4.79 Å². The number of ether oxygens (including phenoxy) is 1. The number of aromatic nitrogens is 2. The number of nitrogens with one attached hydrogen (secondary N) is 2. The van der Waals surface area contributed by atoms with E-state index in [-0.39, 0.29) is 5.91 Å². The lowest BCUT2D eigenvalue weighted by molar-refractivity contribution is -0.117. The first kappa shape index (κ1) is 18.7. The Bertz CT molecular complexity index is 1140. The average Bonchev–Trinajstić information content (AvgIpc) is 3.23. The van der Waals surface area contributed by atoms with Crippen LogP contribution < -0.4 is 15.8 Å². The Hall–Kier alpha value is -3.64. The van der Waals surface area contributed by atoms with Crippen molar-refractivity contribution in [2.75, 3.05) is 12.4 Å². The van der Waals surface area contributed by atoms with Gasteiger partial charge in [-0.2, -0.15) is 0 Å². The molecule has 0 unspecified atom stereocenters. The topological polar surface area (TPSA) is 93.0 Å². The molecule has 29 heavy (non-hydrogen) atoms. The van der Waals surface area contributed by atoms with E-state index in [4.69, 9.17) is 10.5 Å². The van der Waals surface area contributed by atoms with Gasteiger partial charge in [-0.1, -0.05) is 30.3 Å². The van der Waals surface area contributed by atoms with Crippen molar-refractivity contribution in [1.29, 1.82) is 0 Å². The van der Waals surface area contributed by atoms with Crippen molar-refractivity contribution in [3.63, 3.8) is 0 Å². The van der Waals surface area contributed by atoms with Gasteiger partial charge in [0.25, 0.3) is 0 Å². The number of benzene rings is 2. The second-order valence-corrected chi connectivity index (χ2v) is 6.80. The molecular formula is C23H22N4O2. The summed E-state index contributed by atoms with van der Waals surface area (Å²) in [6.45, 7) is 0. The van der Waals surface area contributed by atoms with Gasteiger partial charge in [0.05, 0.1) is 13.2 Å². The third kappa shape index (κ3) is 3.97. The van der Waals surface area contributed by atoms with E-state index in [1.165, 1.54) is 0 Å². The van der Waals surface area contributed by atoms with Gasteiger partial charge in [0, 0.05) is 35.1 Å². The average molecular weight is 386 g/mol. The van der Waals surface area contributed by atoms with Gasteiger partial charge in [-0.15, -0.1) is 0 Å². The summed E-state index contributed by atoms with van der Waals surface area (Å²) in [4.78, 5) is 20.0. The fourth-order valence-electron chi connectivity index (χ4n) is 3.38. The molecular weight excluding hydrogens is 364 g/mol. The van der Waals surface area contributed by atoms with E-state index >= 15 is 0 Å². The molecule has 2 aromatic carbocycles. The smallest absolute Gasteiger partial charge is 0.241 e. The molecule has 2 heterocycles. The lowest BCUT2D eigenvalue weighted by atomic mass is 10.0. The van der Waals surface area contributed by atoms with Gasteiger partial charge in [0.15, 0.2) is 0 Å². The minimum Gasteiger partial charge on any atom is -0.496 e. The van der Waals surface area contributed by atoms with Crippen LogP contribution in [0.4, 0.5) is 5.69 Å². The monoisotopic (exact) mass is 386 g/mol. The maximum Gasteiger partial charge on any atom is 0.241 e. The molecule has 4 aromatic rings. The van der Waals surface area contributed by atoms with Crippen molar-refractivity contribution < 1.29 is 9.53 Å². The fraction of sp³-hybridized carbons (Fsp3) is 0.130. The van der Waals surface area contributed by atoms with Crippen molar-refractivity contribution in [2.24, 2.45) is 5.73 Å². The molecule has 1 amide bonds. The van der Waals surface area contributed by atoms with E-state index in [2.05, 4.69) is 15.3 Å². The van der Waals surface area contributed by atoms with Crippen molar-refractivity contribution >= 4 is 22.6 Å². The zero-order valence-electron chi connectivity index (χ0n) is 16.1. The second kappa shape index (κ2) is 8.16. The van der Waals surface area contributed by atoms with Gasteiger partial charge in [0.2, 0.25) is 5.91 Å². The quantitative estimate of drug-likeness (QED) is 0.470. The minimum absolute atomic E-state index is 0.236. The standard InChI is InChI=1S/C23H22N4O2/c1-29-21-14-16(27-23(28)20(24)13-15-5-3-2-4-6-15)7-8-18(21)17-9-11-25-22-19(17)10-12-26-22/h2-12,14,20H,13,24H2,1H3,(H,25,26)(H,27,28)/t20-/m1/s1. The fourth-order valence-corrected chi connectivity index (χ4v) is 3.38. The number of nitrogens with two attached hydrogens (primary N) is 1. The molecule has 4 rings (SSSR count). The summed E-state index contributed by atoms with van der Waals surface area (Å²) in [6, 6.07) is 18.6. The molecule has 0 spiro atoms. The SMILES string of the molecule is COc1cc(NC(=O)[C@H](N)Cc2ccccc2)ccc1-c1ccnc2[nH]ccc12. The second-order valence-electron chi connectivity index (χ2n) is 6.80. The first-order chi connectivity index (χ1) is 14.2. The van der Waals surface area contributed by atoms with Crippen LogP contribution in [-0.4, -0.2) is 29.0 Å². The van der Waals surface area contributed by atoms with Crippen LogP contribution in [0.3, 0.4) is 0 Å². The number of methoxy groups -OCH3 is 1. The molecule has 0 saturated carbocycles. The van der Waals surface area contributed by atoms with E-state index < -0.39 is 6.04 Å². The van der Waals surface area contributed by atoms with Crippen LogP contribution in [0.2, 0.25) is 0 Å². The van der Waals surface area contributed by atoms with Gasteiger partial charge in [-0.25, -0.2) is 4.98 Å². The highest BCUT2D eigenvalue weighted by molar-refractivity contribution is 5.97. The van der Waals surface area contributed by atoms with Crippen molar-refractivity contribution in [3.8, 4) is 16.9 Å². The minimum atomic E-state index is -0.636. The molecule has 0 saturated heterocycles. The molecule has 6 heteroatoms. The van der Waals surface area contributed by atoms with Crippen LogP contribution in [0, 0.1) is 0 Å². The number of carbonyl (C=O) groups is 1. The van der Waals surface area contributed by atoms with E-state index in [0.29, 0.717) is 17.9 Å². The molecule has 6 nitrogen and oxygen atoms in total. The first-order valence-electron chi connectivity index (χ1n) is 9.36. The maximum absolute atomic E-state index is 12.5. The third-order valence-electron chi connectivity index (χ3n) is 4.85. The predicted molar refractivity (Wildman–Crippen MR) is 115 cm³/mol. The van der Waals surface area contributed by atoms with Gasteiger partial charge >= 0.3 is 0 Å². The van der Waals surface area contributed by atoms with Gasteiger partial charge < -0.3 is 20.8 Å². The molecule has 0 radical (unpaired) electrons. The Kier molecular flexibility index (Phi) is 5.27. The van der Waals surface area contributed by atoms with E-state index in [1.807, 2.05) is 60.8 Å². The third-order valence-corrected chi connectivity index (χ3v) is 4.85. The number of aromatic amines is 1. The van der Waals surface area contributed by atoms with Crippen LogP contribution in [0.1, 0.15) is 5.56 Å². The van der Waals surface area contributed by atoms with Crippen molar-refractivity contribution in [3.05, 3.63) is 78.6 Å². The number of nitrogens with zero attached hydrogens (tertiary/aromatic N) is 1. The number of fused-ring (bicyclic) bond motifs is 1. The van der Waals surface area contributed by atoms with Gasteiger partial charge in [-0.05, 0) is 41.8 Å². The highest BCUT2D eigenvalue weighted by Crippen LogP contribution is 2.35.